The number of benzene rings is 2. The molecule has 1 N–H and O–H groups in total. The Labute approximate surface area is 174 Å². The number of hydrogen-bond donors (Lipinski definition) is 1. The van der Waals surface area contributed by atoms with Crippen molar-refractivity contribution in [2.75, 3.05) is 5.32 Å². The van der Waals surface area contributed by atoms with Crippen molar-refractivity contribution >= 4 is 39.9 Å². The number of para-hydroxylation sites is 1. The zero-order valence-electron chi connectivity index (χ0n) is 17.1. The molecule has 0 saturated heterocycles. The predicted molar refractivity (Wildman–Crippen MR) is 120 cm³/mol. The highest BCUT2D eigenvalue weighted by molar-refractivity contribution is 8.00. The van der Waals surface area contributed by atoms with Crippen molar-refractivity contribution in [1.82, 2.24) is 14.6 Å². The molecule has 1 amide bonds. The van der Waals surface area contributed by atoms with Crippen LogP contribution in [-0.4, -0.2) is 25.8 Å². The third-order valence-electron chi connectivity index (χ3n) is 5.35. The molecule has 0 aliphatic carbocycles. The molecule has 29 heavy (non-hydrogen) atoms. The van der Waals surface area contributed by atoms with Gasteiger partial charge in [-0.25, -0.2) is 0 Å². The second kappa shape index (κ2) is 7.87. The molecular weight excluding hydrogens is 380 g/mol. The van der Waals surface area contributed by atoms with E-state index >= 15 is 0 Å². The Kier molecular flexibility index (Phi) is 5.28. The normalized spacial score (nSPS) is 12.4. The summed E-state index contributed by atoms with van der Waals surface area (Å²) in [6.45, 7) is 8.17. The first kappa shape index (κ1) is 19.5. The van der Waals surface area contributed by atoms with E-state index in [1.165, 1.54) is 11.8 Å². The largest absolute Gasteiger partial charge is 0.325 e. The average Bonchev–Trinajstić information content (AvgIpc) is 3.12. The number of nitrogens with one attached hydrogen (secondary N) is 1. The average molecular weight is 405 g/mol. The van der Waals surface area contributed by atoms with Crippen molar-refractivity contribution in [3.05, 3.63) is 65.2 Å². The number of carbonyl (C=O) groups is 1. The number of rotatable bonds is 5. The van der Waals surface area contributed by atoms with Crippen LogP contribution in [0, 0.1) is 20.8 Å². The maximum absolute atomic E-state index is 13.0. The lowest BCUT2D eigenvalue weighted by atomic mass is 10.1. The summed E-state index contributed by atoms with van der Waals surface area (Å²) in [7, 11) is 0. The van der Waals surface area contributed by atoms with Gasteiger partial charge in [-0.05, 0) is 62.1 Å². The maximum atomic E-state index is 13.0. The van der Waals surface area contributed by atoms with Gasteiger partial charge in [0.25, 0.3) is 0 Å². The van der Waals surface area contributed by atoms with Crippen molar-refractivity contribution < 1.29 is 4.79 Å². The number of fused-ring (bicyclic) bond motifs is 3. The summed E-state index contributed by atoms with van der Waals surface area (Å²) in [5, 5.41) is 13.5. The fourth-order valence-electron chi connectivity index (χ4n) is 3.50. The van der Waals surface area contributed by atoms with Gasteiger partial charge in [-0.1, -0.05) is 49.0 Å². The molecule has 2 heterocycles. The van der Waals surface area contributed by atoms with Crippen molar-refractivity contribution in [3.63, 3.8) is 0 Å². The van der Waals surface area contributed by atoms with Gasteiger partial charge in [0.15, 0.2) is 10.8 Å². The van der Waals surface area contributed by atoms with E-state index in [0.717, 1.165) is 44.1 Å². The minimum Gasteiger partial charge on any atom is -0.325 e. The van der Waals surface area contributed by atoms with E-state index in [4.69, 9.17) is 0 Å². The Hall–Kier alpha value is -2.86. The van der Waals surface area contributed by atoms with Gasteiger partial charge in [0.05, 0.1) is 10.8 Å². The number of anilines is 1. The molecule has 0 fully saturated rings. The van der Waals surface area contributed by atoms with Crippen LogP contribution in [-0.2, 0) is 4.79 Å². The zero-order chi connectivity index (χ0) is 20.5. The number of pyridine rings is 1. The van der Waals surface area contributed by atoms with Crippen LogP contribution in [0.25, 0.3) is 16.6 Å². The minimum absolute atomic E-state index is 0.0145. The third-order valence-corrected chi connectivity index (χ3v) is 6.65. The van der Waals surface area contributed by atoms with E-state index in [0.29, 0.717) is 6.42 Å². The highest BCUT2D eigenvalue weighted by atomic mass is 32.2. The van der Waals surface area contributed by atoms with E-state index in [2.05, 4.69) is 34.6 Å². The van der Waals surface area contributed by atoms with Gasteiger partial charge in [-0.3, -0.25) is 9.20 Å². The molecule has 0 aliphatic heterocycles. The number of thioether (sulfide) groups is 1. The summed E-state index contributed by atoms with van der Waals surface area (Å²) in [6, 6.07) is 16.2. The smallest absolute Gasteiger partial charge is 0.237 e. The van der Waals surface area contributed by atoms with Crippen molar-refractivity contribution in [2.45, 2.75) is 44.5 Å². The summed E-state index contributed by atoms with van der Waals surface area (Å²) in [5.41, 5.74) is 6.13. The van der Waals surface area contributed by atoms with Crippen LogP contribution in [0.3, 0.4) is 0 Å². The van der Waals surface area contributed by atoms with E-state index in [1.807, 2.05) is 61.6 Å². The monoisotopic (exact) mass is 404 g/mol. The fourth-order valence-corrected chi connectivity index (χ4v) is 4.47. The Balaban J connectivity index is 1.67. The Morgan fingerprint density at radius 1 is 1.07 bits per heavy atom. The van der Waals surface area contributed by atoms with Crippen LogP contribution in [0.5, 0.6) is 0 Å². The molecule has 6 heteroatoms. The van der Waals surface area contributed by atoms with Crippen LogP contribution >= 0.6 is 11.8 Å². The highest BCUT2D eigenvalue weighted by Crippen LogP contribution is 2.30. The number of nitrogens with zero attached hydrogens (tertiary/aromatic N) is 3. The summed E-state index contributed by atoms with van der Waals surface area (Å²) in [5.74, 6) is -0.0145. The van der Waals surface area contributed by atoms with Crippen molar-refractivity contribution in [2.24, 2.45) is 0 Å². The van der Waals surface area contributed by atoms with Crippen LogP contribution in [0.4, 0.5) is 5.69 Å². The van der Waals surface area contributed by atoms with Crippen LogP contribution < -0.4 is 5.32 Å². The van der Waals surface area contributed by atoms with E-state index in [9.17, 15) is 4.79 Å². The van der Waals surface area contributed by atoms with Crippen LogP contribution in [0.15, 0.2) is 53.7 Å². The second-order valence-corrected chi connectivity index (χ2v) is 8.44. The molecule has 1 atom stereocenters. The van der Waals surface area contributed by atoms with Crippen LogP contribution in [0.1, 0.15) is 30.0 Å². The molecule has 148 valence electrons. The van der Waals surface area contributed by atoms with Gasteiger partial charge < -0.3 is 5.32 Å². The maximum Gasteiger partial charge on any atom is 0.237 e. The topological polar surface area (TPSA) is 59.3 Å². The number of aryl methyl sites for hydroxylation is 2. The number of aromatic nitrogens is 3. The molecule has 0 spiro atoms. The molecular formula is C23H24N4OS. The van der Waals surface area contributed by atoms with E-state index in [-0.39, 0.29) is 11.2 Å². The summed E-state index contributed by atoms with van der Waals surface area (Å²) >= 11 is 1.46. The first-order valence-corrected chi connectivity index (χ1v) is 10.6. The first-order chi connectivity index (χ1) is 14.0. The quantitative estimate of drug-likeness (QED) is 0.458. The molecule has 0 saturated carbocycles. The zero-order valence-corrected chi connectivity index (χ0v) is 17.9. The minimum atomic E-state index is -0.262. The highest BCUT2D eigenvalue weighted by Gasteiger charge is 2.22. The van der Waals surface area contributed by atoms with Crippen molar-refractivity contribution in [1.29, 1.82) is 0 Å². The Morgan fingerprint density at radius 3 is 2.66 bits per heavy atom. The molecule has 4 rings (SSSR count). The molecule has 0 bridgehead atoms. The standard InChI is InChI=1S/C23H24N4OS/c1-5-20(22(28)24-18-11-8-9-14(2)16(18)4)29-23-26-25-21-13-15(3)17-10-6-7-12-19(17)27(21)23/h6-13,20H,5H2,1-4H3,(H,24,28). The van der Waals surface area contributed by atoms with Crippen molar-refractivity contribution in [3.8, 4) is 0 Å². The summed E-state index contributed by atoms with van der Waals surface area (Å²) in [6.07, 6.45) is 0.695. The molecule has 5 nitrogen and oxygen atoms in total. The number of carbonyl (C=O) groups excluding carboxylic acids is 1. The van der Waals surface area contributed by atoms with E-state index in [1.54, 1.807) is 0 Å². The Bertz CT molecular complexity index is 1210. The number of hydrogen-bond acceptors (Lipinski definition) is 4. The van der Waals surface area contributed by atoms with Gasteiger partial charge in [0, 0.05) is 11.1 Å². The second-order valence-electron chi connectivity index (χ2n) is 7.27. The first-order valence-electron chi connectivity index (χ1n) is 9.76. The third kappa shape index (κ3) is 3.60. The Morgan fingerprint density at radius 2 is 1.86 bits per heavy atom. The van der Waals surface area contributed by atoms with Gasteiger partial charge >= 0.3 is 0 Å². The molecule has 1 unspecified atom stereocenters. The molecule has 2 aromatic heterocycles. The van der Waals surface area contributed by atoms with Gasteiger partial charge in [-0.15, -0.1) is 10.2 Å². The van der Waals surface area contributed by atoms with Gasteiger partial charge in [0.1, 0.15) is 0 Å². The van der Waals surface area contributed by atoms with Gasteiger partial charge in [-0.2, -0.15) is 0 Å². The SMILES string of the molecule is CCC(Sc1nnc2cc(C)c3ccccc3n12)C(=O)Nc1cccc(C)c1C. The molecule has 0 radical (unpaired) electrons. The van der Waals surface area contributed by atoms with E-state index < -0.39 is 0 Å². The predicted octanol–water partition coefficient (Wildman–Crippen LogP) is 5.32. The number of amides is 1. The lowest BCUT2D eigenvalue weighted by molar-refractivity contribution is -0.115. The summed E-state index contributed by atoms with van der Waals surface area (Å²) < 4.78 is 2.04. The lowest BCUT2D eigenvalue weighted by Gasteiger charge is -2.16. The molecule has 0 aliphatic rings. The van der Waals surface area contributed by atoms with Crippen LogP contribution in [0.2, 0.25) is 0 Å². The molecule has 4 aromatic rings. The van der Waals surface area contributed by atoms with Gasteiger partial charge in [0.2, 0.25) is 5.91 Å². The molecule has 2 aromatic carbocycles. The lowest BCUT2D eigenvalue weighted by Crippen LogP contribution is -2.25. The summed E-state index contributed by atoms with van der Waals surface area (Å²) in [4.78, 5) is 13.0. The fraction of sp³-hybridized carbons (Fsp3) is 0.261.